The summed E-state index contributed by atoms with van der Waals surface area (Å²) in [5.74, 6) is 0. The number of hydrogen-bond acceptors (Lipinski definition) is 0. The molecule has 0 aromatic rings. The van der Waals surface area contributed by atoms with Crippen LogP contribution in [-0.4, -0.2) is 11.0 Å². The number of hydrogen-bond donors (Lipinski definition) is 0. The summed E-state index contributed by atoms with van der Waals surface area (Å²) in [4.78, 5) is 0. The van der Waals surface area contributed by atoms with Crippen LogP contribution in [0.1, 0.15) is 0 Å². The van der Waals surface area contributed by atoms with Crippen LogP contribution >= 0.6 is 0 Å². The molecule has 0 amide bonds. The van der Waals surface area contributed by atoms with Crippen molar-refractivity contribution in [3.8, 4) is 0 Å². The van der Waals surface area contributed by atoms with Gasteiger partial charge in [-0.25, -0.2) is 0 Å². The van der Waals surface area contributed by atoms with E-state index in [4.69, 9.17) is 0 Å². The van der Waals surface area contributed by atoms with Crippen molar-refractivity contribution < 1.29 is 56.2 Å². The van der Waals surface area contributed by atoms with Gasteiger partial charge in [-0.2, -0.15) is 0 Å². The SMILES string of the molecule is O.O.[Cl-].[Cl-].[Pd+2]. The Morgan fingerprint density at radius 3 is 0.600 bits per heavy atom. The van der Waals surface area contributed by atoms with Crippen LogP contribution in [0.25, 0.3) is 0 Å². The van der Waals surface area contributed by atoms with E-state index in [1.165, 1.54) is 0 Å². The van der Waals surface area contributed by atoms with Gasteiger partial charge in [0.15, 0.2) is 0 Å². The Labute approximate surface area is 56.4 Å². The Morgan fingerprint density at radius 2 is 0.600 bits per heavy atom. The van der Waals surface area contributed by atoms with Gasteiger partial charge in [-0.1, -0.05) is 0 Å². The minimum Gasteiger partial charge on any atom is -1.00 e. The molecule has 0 radical (unpaired) electrons. The van der Waals surface area contributed by atoms with Gasteiger partial charge in [-0.3, -0.25) is 0 Å². The van der Waals surface area contributed by atoms with E-state index >= 15 is 0 Å². The van der Waals surface area contributed by atoms with E-state index in [0.717, 1.165) is 0 Å². The van der Waals surface area contributed by atoms with Gasteiger partial charge in [0.1, 0.15) is 0 Å². The van der Waals surface area contributed by atoms with E-state index in [-0.39, 0.29) is 56.2 Å². The quantitative estimate of drug-likeness (QED) is 0.359. The van der Waals surface area contributed by atoms with Crippen LogP contribution in [0.4, 0.5) is 0 Å². The van der Waals surface area contributed by atoms with Gasteiger partial charge in [0.2, 0.25) is 0 Å². The van der Waals surface area contributed by atoms with Gasteiger partial charge >= 0.3 is 20.4 Å². The zero-order valence-corrected chi connectivity index (χ0v) is 5.14. The largest absolute Gasteiger partial charge is 2.00 e. The van der Waals surface area contributed by atoms with Gasteiger partial charge in [0, 0.05) is 0 Å². The van der Waals surface area contributed by atoms with E-state index in [1.807, 2.05) is 0 Å². The molecular formula is H4Cl2O2Pd. The van der Waals surface area contributed by atoms with Crippen molar-refractivity contribution in [2.24, 2.45) is 0 Å². The zero-order valence-electron chi connectivity index (χ0n) is 2.07. The minimum atomic E-state index is 0. The second-order valence-corrected chi connectivity index (χ2v) is 0. The first kappa shape index (κ1) is 122. The average molecular weight is 213 g/mol. The summed E-state index contributed by atoms with van der Waals surface area (Å²) < 4.78 is 0. The van der Waals surface area contributed by atoms with Crippen LogP contribution in [0.3, 0.4) is 0 Å². The van der Waals surface area contributed by atoms with Crippen molar-refractivity contribution in [2.75, 3.05) is 0 Å². The van der Waals surface area contributed by atoms with Crippen LogP contribution < -0.4 is 24.8 Å². The van der Waals surface area contributed by atoms with Gasteiger partial charge in [0.25, 0.3) is 0 Å². The molecule has 0 aliphatic carbocycles. The van der Waals surface area contributed by atoms with Crippen molar-refractivity contribution in [3.63, 3.8) is 0 Å². The molecule has 0 rings (SSSR count). The van der Waals surface area contributed by atoms with E-state index in [1.54, 1.807) is 0 Å². The first-order valence-corrected chi connectivity index (χ1v) is 0. The molecule has 2 nitrogen and oxygen atoms in total. The van der Waals surface area contributed by atoms with Crippen molar-refractivity contribution in [2.45, 2.75) is 0 Å². The predicted molar refractivity (Wildman–Crippen MR) is 7.23 cm³/mol. The van der Waals surface area contributed by atoms with Crippen LogP contribution in [0.5, 0.6) is 0 Å². The fourth-order valence-electron chi connectivity index (χ4n) is 0. The number of rotatable bonds is 0. The Balaban J connectivity index is 0. The van der Waals surface area contributed by atoms with Gasteiger partial charge < -0.3 is 35.8 Å². The molecule has 0 aromatic heterocycles. The molecule has 0 aliphatic heterocycles. The summed E-state index contributed by atoms with van der Waals surface area (Å²) in [6.45, 7) is 0. The van der Waals surface area contributed by atoms with Crippen LogP contribution in [-0.2, 0) is 20.4 Å². The average Bonchev–Trinajstić information content (AvgIpc) is 0. The Morgan fingerprint density at radius 1 is 0.600 bits per heavy atom. The predicted octanol–water partition coefficient (Wildman–Crippen LogP) is -7.64. The maximum Gasteiger partial charge on any atom is 2.00 e. The maximum atomic E-state index is 0. The summed E-state index contributed by atoms with van der Waals surface area (Å²) in [6.07, 6.45) is 0. The van der Waals surface area contributed by atoms with Crippen molar-refractivity contribution in [1.82, 2.24) is 0 Å². The molecule has 0 fully saturated rings. The summed E-state index contributed by atoms with van der Waals surface area (Å²) in [5.41, 5.74) is 0. The van der Waals surface area contributed by atoms with Crippen molar-refractivity contribution >= 4 is 0 Å². The molecular weight excluding hydrogens is 209 g/mol. The molecule has 0 aliphatic rings. The minimum absolute atomic E-state index is 0. The smallest absolute Gasteiger partial charge is 1.00 e. The molecule has 5 heteroatoms. The third kappa shape index (κ3) is 38.2. The molecule has 0 aromatic carbocycles. The Kier molecular flexibility index (Phi) is 1610. The summed E-state index contributed by atoms with van der Waals surface area (Å²) >= 11 is 0. The normalized spacial score (nSPS) is 0. The first-order chi connectivity index (χ1) is 0. The number of halogens is 2. The molecule has 5 heavy (non-hydrogen) atoms. The molecule has 0 bridgehead atoms. The second kappa shape index (κ2) is 66.2. The van der Waals surface area contributed by atoms with Gasteiger partial charge in [-0.15, -0.1) is 0 Å². The second-order valence-electron chi connectivity index (χ2n) is 0. The topological polar surface area (TPSA) is 63.0 Å². The molecule has 0 heterocycles. The fraction of sp³-hybridized carbons (Fsp3) is 0. The first-order valence-electron chi connectivity index (χ1n) is 0. The standard InChI is InChI=1S/2ClH.2H2O.Pd/h2*1H;2*1H2;/q;;;;+2/p-2. The Hall–Kier alpha value is 1.16. The summed E-state index contributed by atoms with van der Waals surface area (Å²) in [7, 11) is 0. The van der Waals surface area contributed by atoms with Crippen molar-refractivity contribution in [3.05, 3.63) is 0 Å². The molecule has 40 valence electrons. The Bertz CT molecular complexity index is 7.61. The van der Waals surface area contributed by atoms with Crippen LogP contribution in [0.2, 0.25) is 0 Å². The molecule has 0 atom stereocenters. The van der Waals surface area contributed by atoms with E-state index in [0.29, 0.717) is 0 Å². The summed E-state index contributed by atoms with van der Waals surface area (Å²) in [6, 6.07) is 0. The molecule has 0 saturated heterocycles. The van der Waals surface area contributed by atoms with Crippen LogP contribution in [0, 0.1) is 0 Å². The van der Waals surface area contributed by atoms with Crippen molar-refractivity contribution in [1.29, 1.82) is 0 Å². The molecule has 0 unspecified atom stereocenters. The van der Waals surface area contributed by atoms with E-state index in [9.17, 15) is 0 Å². The zero-order chi connectivity index (χ0) is 0. The molecule has 4 N–H and O–H groups in total. The fourth-order valence-corrected chi connectivity index (χ4v) is 0. The monoisotopic (exact) mass is 212 g/mol. The van der Waals surface area contributed by atoms with Crippen LogP contribution in [0.15, 0.2) is 0 Å². The molecule has 0 spiro atoms. The summed E-state index contributed by atoms with van der Waals surface area (Å²) in [5, 5.41) is 0. The van der Waals surface area contributed by atoms with Gasteiger partial charge in [0.05, 0.1) is 0 Å². The third-order valence-electron chi connectivity index (χ3n) is 0. The maximum absolute atomic E-state index is 0. The van der Waals surface area contributed by atoms with Gasteiger partial charge in [-0.05, 0) is 0 Å². The molecule has 0 saturated carbocycles. The van der Waals surface area contributed by atoms with E-state index in [2.05, 4.69) is 0 Å². The van der Waals surface area contributed by atoms with E-state index < -0.39 is 0 Å². The third-order valence-corrected chi connectivity index (χ3v) is 0.